The third-order valence-electron chi connectivity index (χ3n) is 3.39. The van der Waals surface area contributed by atoms with Gasteiger partial charge in [0.2, 0.25) is 5.89 Å². The van der Waals surface area contributed by atoms with Crippen molar-refractivity contribution in [1.29, 1.82) is 0 Å². The summed E-state index contributed by atoms with van der Waals surface area (Å²) in [4.78, 5) is 6.49. The van der Waals surface area contributed by atoms with Gasteiger partial charge < -0.3 is 15.1 Å². The highest BCUT2D eigenvalue weighted by molar-refractivity contribution is 5.85. The maximum absolute atomic E-state index is 13.0. The summed E-state index contributed by atoms with van der Waals surface area (Å²) in [5.74, 6) is 0.346. The van der Waals surface area contributed by atoms with Crippen LogP contribution in [-0.4, -0.2) is 11.5 Å². The van der Waals surface area contributed by atoms with Gasteiger partial charge in [0.15, 0.2) is 5.58 Å². The van der Waals surface area contributed by atoms with Crippen molar-refractivity contribution in [1.82, 2.24) is 4.98 Å². The Kier molecular flexibility index (Phi) is 3.48. The standard InChI is InChI=1S/C16H16FN3O/c1-2-20(12-8-6-11(17)7-9-12)10-15-19-16-13(18)4-3-5-14(16)21-15/h3-9H,2,10,18H2,1H3. The van der Waals surface area contributed by atoms with E-state index in [0.29, 0.717) is 29.2 Å². The number of aromatic nitrogens is 1. The highest BCUT2D eigenvalue weighted by Crippen LogP contribution is 2.23. The zero-order valence-corrected chi connectivity index (χ0v) is 11.7. The summed E-state index contributed by atoms with van der Waals surface area (Å²) in [6.07, 6.45) is 0. The molecule has 0 aliphatic carbocycles. The summed E-state index contributed by atoms with van der Waals surface area (Å²) in [5.41, 5.74) is 8.78. The molecule has 0 spiro atoms. The zero-order valence-electron chi connectivity index (χ0n) is 11.7. The normalized spacial score (nSPS) is 11.0. The number of nitrogens with zero attached hydrogens (tertiary/aromatic N) is 2. The van der Waals surface area contributed by atoms with Crippen molar-refractivity contribution < 1.29 is 8.81 Å². The fourth-order valence-electron chi connectivity index (χ4n) is 2.28. The summed E-state index contributed by atoms with van der Waals surface area (Å²) in [6, 6.07) is 11.9. The van der Waals surface area contributed by atoms with Crippen molar-refractivity contribution in [2.45, 2.75) is 13.5 Å². The SMILES string of the molecule is CCN(Cc1nc2c(N)cccc2o1)c1ccc(F)cc1. The summed E-state index contributed by atoms with van der Waals surface area (Å²) in [7, 11) is 0. The number of hydrogen-bond acceptors (Lipinski definition) is 4. The van der Waals surface area contributed by atoms with Gasteiger partial charge in [0, 0.05) is 12.2 Å². The molecule has 0 saturated carbocycles. The molecule has 0 atom stereocenters. The summed E-state index contributed by atoms with van der Waals surface area (Å²) in [5, 5.41) is 0. The molecule has 1 aromatic heterocycles. The predicted octanol–water partition coefficient (Wildman–Crippen LogP) is 3.58. The second-order valence-corrected chi connectivity index (χ2v) is 4.79. The molecular weight excluding hydrogens is 269 g/mol. The molecule has 0 amide bonds. The van der Waals surface area contributed by atoms with E-state index in [-0.39, 0.29) is 5.82 Å². The Balaban J connectivity index is 1.88. The molecule has 1 heterocycles. The molecule has 0 saturated heterocycles. The fourth-order valence-corrected chi connectivity index (χ4v) is 2.28. The minimum Gasteiger partial charge on any atom is -0.439 e. The average molecular weight is 285 g/mol. The van der Waals surface area contributed by atoms with Gasteiger partial charge in [-0.15, -0.1) is 0 Å². The highest BCUT2D eigenvalue weighted by Gasteiger charge is 2.12. The van der Waals surface area contributed by atoms with Gasteiger partial charge in [-0.3, -0.25) is 0 Å². The minimum absolute atomic E-state index is 0.246. The lowest BCUT2D eigenvalue weighted by molar-refractivity contribution is 0.521. The maximum Gasteiger partial charge on any atom is 0.215 e. The number of nitrogen functional groups attached to an aromatic ring is 1. The molecule has 21 heavy (non-hydrogen) atoms. The number of nitrogens with two attached hydrogens (primary N) is 1. The van der Waals surface area contributed by atoms with Gasteiger partial charge in [0.1, 0.15) is 11.3 Å². The highest BCUT2D eigenvalue weighted by atomic mass is 19.1. The van der Waals surface area contributed by atoms with Crippen LogP contribution in [0.4, 0.5) is 15.8 Å². The van der Waals surface area contributed by atoms with Gasteiger partial charge >= 0.3 is 0 Å². The van der Waals surface area contributed by atoms with E-state index in [2.05, 4.69) is 9.88 Å². The van der Waals surface area contributed by atoms with Crippen molar-refractivity contribution in [2.75, 3.05) is 17.2 Å². The van der Waals surface area contributed by atoms with Gasteiger partial charge in [-0.1, -0.05) is 6.07 Å². The zero-order chi connectivity index (χ0) is 14.8. The molecule has 0 aliphatic rings. The minimum atomic E-state index is -0.246. The second-order valence-electron chi connectivity index (χ2n) is 4.79. The topological polar surface area (TPSA) is 55.3 Å². The van der Waals surface area contributed by atoms with Crippen molar-refractivity contribution in [2.24, 2.45) is 0 Å². The number of anilines is 2. The Hall–Kier alpha value is -2.56. The van der Waals surface area contributed by atoms with Gasteiger partial charge in [-0.2, -0.15) is 0 Å². The molecule has 3 rings (SSSR count). The largest absolute Gasteiger partial charge is 0.439 e. The van der Waals surface area contributed by atoms with Crippen LogP contribution in [0.25, 0.3) is 11.1 Å². The summed E-state index contributed by atoms with van der Waals surface area (Å²) >= 11 is 0. The molecule has 0 aliphatic heterocycles. The molecule has 0 bridgehead atoms. The number of para-hydroxylation sites is 1. The van der Waals surface area contributed by atoms with Gasteiger partial charge in [-0.05, 0) is 43.3 Å². The molecule has 0 radical (unpaired) electrons. The number of hydrogen-bond donors (Lipinski definition) is 1. The lowest BCUT2D eigenvalue weighted by Crippen LogP contribution is -2.22. The van der Waals surface area contributed by atoms with Gasteiger partial charge in [0.05, 0.1) is 12.2 Å². The number of oxazole rings is 1. The maximum atomic E-state index is 13.0. The Morgan fingerprint density at radius 3 is 2.62 bits per heavy atom. The molecule has 108 valence electrons. The quantitative estimate of drug-likeness (QED) is 0.744. The van der Waals surface area contributed by atoms with Crippen molar-refractivity contribution in [3.8, 4) is 0 Å². The van der Waals surface area contributed by atoms with Gasteiger partial charge in [-0.25, -0.2) is 9.37 Å². The molecule has 3 aromatic rings. The summed E-state index contributed by atoms with van der Waals surface area (Å²) < 4.78 is 18.7. The Morgan fingerprint density at radius 1 is 1.19 bits per heavy atom. The van der Waals surface area contributed by atoms with E-state index >= 15 is 0 Å². The first-order valence-corrected chi connectivity index (χ1v) is 6.82. The van der Waals surface area contributed by atoms with Crippen LogP contribution >= 0.6 is 0 Å². The fraction of sp³-hybridized carbons (Fsp3) is 0.188. The Labute approximate surface area is 122 Å². The first-order valence-electron chi connectivity index (χ1n) is 6.82. The van der Waals surface area contributed by atoms with Crippen LogP contribution in [0.3, 0.4) is 0 Å². The lowest BCUT2D eigenvalue weighted by atomic mass is 10.2. The Morgan fingerprint density at radius 2 is 1.95 bits per heavy atom. The van der Waals surface area contributed by atoms with E-state index in [1.807, 2.05) is 19.1 Å². The third kappa shape index (κ3) is 2.67. The number of benzene rings is 2. The van der Waals surface area contributed by atoms with Crippen LogP contribution in [0.15, 0.2) is 46.9 Å². The monoisotopic (exact) mass is 285 g/mol. The molecule has 5 heteroatoms. The van der Waals surface area contributed by atoms with Crippen LogP contribution in [-0.2, 0) is 6.54 Å². The van der Waals surface area contributed by atoms with E-state index in [0.717, 1.165) is 12.2 Å². The van der Waals surface area contributed by atoms with Crippen LogP contribution in [0.5, 0.6) is 0 Å². The molecule has 0 fully saturated rings. The van der Waals surface area contributed by atoms with E-state index in [1.54, 1.807) is 18.2 Å². The van der Waals surface area contributed by atoms with Crippen molar-refractivity contribution in [3.63, 3.8) is 0 Å². The number of fused-ring (bicyclic) bond motifs is 1. The molecule has 4 nitrogen and oxygen atoms in total. The Bertz CT molecular complexity index is 752. The van der Waals surface area contributed by atoms with Crippen LogP contribution in [0.2, 0.25) is 0 Å². The second kappa shape index (κ2) is 5.44. The molecular formula is C16H16FN3O. The first kappa shape index (κ1) is 13.4. The van der Waals surface area contributed by atoms with Crippen molar-refractivity contribution >= 4 is 22.5 Å². The van der Waals surface area contributed by atoms with E-state index in [4.69, 9.17) is 10.2 Å². The molecule has 0 unspecified atom stereocenters. The molecule has 2 N–H and O–H groups in total. The van der Waals surface area contributed by atoms with Crippen molar-refractivity contribution in [3.05, 3.63) is 54.2 Å². The molecule has 2 aromatic carbocycles. The lowest BCUT2D eigenvalue weighted by Gasteiger charge is -2.21. The van der Waals surface area contributed by atoms with E-state index in [1.165, 1.54) is 12.1 Å². The van der Waals surface area contributed by atoms with Crippen LogP contribution < -0.4 is 10.6 Å². The third-order valence-corrected chi connectivity index (χ3v) is 3.39. The van der Waals surface area contributed by atoms with E-state index in [9.17, 15) is 4.39 Å². The summed E-state index contributed by atoms with van der Waals surface area (Å²) in [6.45, 7) is 3.30. The number of rotatable bonds is 4. The number of halogens is 1. The van der Waals surface area contributed by atoms with Gasteiger partial charge in [0.25, 0.3) is 0 Å². The van der Waals surface area contributed by atoms with Crippen LogP contribution in [0, 0.1) is 5.82 Å². The first-order chi connectivity index (χ1) is 10.2. The van der Waals surface area contributed by atoms with E-state index < -0.39 is 0 Å². The predicted molar refractivity (Wildman–Crippen MR) is 81.5 cm³/mol. The average Bonchev–Trinajstić information content (AvgIpc) is 2.90. The van der Waals surface area contributed by atoms with Crippen LogP contribution in [0.1, 0.15) is 12.8 Å². The smallest absolute Gasteiger partial charge is 0.215 e.